The third-order valence-corrected chi connectivity index (χ3v) is 4.36. The molecule has 0 saturated heterocycles. The summed E-state index contributed by atoms with van der Waals surface area (Å²) in [4.78, 5) is 8.49. The Hall–Kier alpha value is -2.42. The summed E-state index contributed by atoms with van der Waals surface area (Å²) in [7, 11) is 0. The predicted molar refractivity (Wildman–Crippen MR) is 100 cm³/mol. The maximum Gasteiger partial charge on any atom is 0.224 e. The topological polar surface area (TPSA) is 25.8 Å². The lowest BCUT2D eigenvalue weighted by molar-refractivity contribution is 1.22. The van der Waals surface area contributed by atoms with E-state index in [1.54, 1.807) is 0 Å². The lowest BCUT2D eigenvalue weighted by Gasteiger charge is -2.12. The van der Waals surface area contributed by atoms with Gasteiger partial charge in [0.25, 0.3) is 0 Å². The van der Waals surface area contributed by atoms with Gasteiger partial charge in [-0.05, 0) is 46.0 Å². The molecule has 0 unspecified atom stereocenters. The molecule has 1 heterocycles. The van der Waals surface area contributed by atoms with Crippen molar-refractivity contribution in [3.63, 3.8) is 0 Å². The minimum atomic E-state index is 0.150. The molecule has 0 spiro atoms. The molecule has 0 radical (unpaired) electrons. The summed E-state index contributed by atoms with van der Waals surface area (Å²) < 4.78 is 0. The average Bonchev–Trinajstić information content (AvgIpc) is 2.62. The van der Waals surface area contributed by atoms with Gasteiger partial charge in [-0.15, -0.1) is 0 Å². The van der Waals surface area contributed by atoms with Gasteiger partial charge in [0.2, 0.25) is 5.28 Å². The third kappa shape index (κ3) is 2.75. The summed E-state index contributed by atoms with van der Waals surface area (Å²) in [5.41, 5.74) is 4.97. The molecule has 0 fully saturated rings. The Morgan fingerprint density at radius 2 is 1.25 bits per heavy atom. The number of halogens is 2. The summed E-state index contributed by atoms with van der Waals surface area (Å²) in [5, 5.41) is 1.33. The van der Waals surface area contributed by atoms with E-state index in [1.165, 1.54) is 0 Å². The van der Waals surface area contributed by atoms with Crippen molar-refractivity contribution in [3.8, 4) is 22.3 Å². The standard InChI is InChI=1S/C20H12Cl2N2/c21-19-18-16(14-9-5-2-6-10-14)11-15(13-7-3-1-4-8-13)12-17(18)23-20(22)24-19/h1-12H. The molecule has 3 aromatic carbocycles. The zero-order valence-electron chi connectivity index (χ0n) is 12.6. The van der Waals surface area contributed by atoms with Crippen molar-refractivity contribution in [2.24, 2.45) is 0 Å². The fourth-order valence-electron chi connectivity index (χ4n) is 2.84. The second-order valence-electron chi connectivity index (χ2n) is 5.43. The molecule has 0 aliphatic carbocycles. The van der Waals surface area contributed by atoms with Crippen LogP contribution < -0.4 is 0 Å². The van der Waals surface area contributed by atoms with Gasteiger partial charge in [-0.25, -0.2) is 9.97 Å². The van der Waals surface area contributed by atoms with Crippen LogP contribution in [0.15, 0.2) is 72.8 Å². The van der Waals surface area contributed by atoms with E-state index in [1.807, 2.05) is 42.5 Å². The van der Waals surface area contributed by atoms with Crippen LogP contribution in [0.3, 0.4) is 0 Å². The lowest BCUT2D eigenvalue weighted by atomic mass is 9.95. The van der Waals surface area contributed by atoms with Gasteiger partial charge in [0.1, 0.15) is 5.15 Å². The lowest BCUT2D eigenvalue weighted by Crippen LogP contribution is -1.92. The third-order valence-electron chi connectivity index (χ3n) is 3.92. The summed E-state index contributed by atoms with van der Waals surface area (Å²) >= 11 is 12.4. The molecule has 2 nitrogen and oxygen atoms in total. The number of fused-ring (bicyclic) bond motifs is 1. The van der Waals surface area contributed by atoms with E-state index in [0.29, 0.717) is 5.15 Å². The minimum absolute atomic E-state index is 0.150. The van der Waals surface area contributed by atoms with Crippen LogP contribution in [-0.2, 0) is 0 Å². The minimum Gasteiger partial charge on any atom is -0.218 e. The fourth-order valence-corrected chi connectivity index (χ4v) is 3.33. The van der Waals surface area contributed by atoms with Crippen molar-refractivity contribution in [2.75, 3.05) is 0 Å². The van der Waals surface area contributed by atoms with Gasteiger partial charge in [-0.1, -0.05) is 72.3 Å². The highest BCUT2D eigenvalue weighted by Crippen LogP contribution is 2.36. The highest BCUT2D eigenvalue weighted by molar-refractivity contribution is 6.36. The number of nitrogens with zero attached hydrogens (tertiary/aromatic N) is 2. The Morgan fingerprint density at radius 3 is 1.92 bits per heavy atom. The first-order valence-corrected chi connectivity index (χ1v) is 8.25. The van der Waals surface area contributed by atoms with E-state index >= 15 is 0 Å². The molecule has 4 rings (SSSR count). The molecule has 116 valence electrons. The molecular weight excluding hydrogens is 339 g/mol. The van der Waals surface area contributed by atoms with E-state index in [2.05, 4.69) is 40.3 Å². The maximum absolute atomic E-state index is 6.38. The summed E-state index contributed by atoms with van der Waals surface area (Å²) in [6.07, 6.45) is 0. The van der Waals surface area contributed by atoms with E-state index in [9.17, 15) is 0 Å². The Morgan fingerprint density at radius 1 is 0.625 bits per heavy atom. The van der Waals surface area contributed by atoms with Crippen LogP contribution >= 0.6 is 23.2 Å². The van der Waals surface area contributed by atoms with Crippen LogP contribution in [0.5, 0.6) is 0 Å². The SMILES string of the molecule is Clc1nc(Cl)c2c(-c3ccccc3)cc(-c3ccccc3)cc2n1. The van der Waals surface area contributed by atoms with Gasteiger partial charge < -0.3 is 0 Å². The zero-order chi connectivity index (χ0) is 16.5. The molecule has 1 aromatic heterocycles. The maximum atomic E-state index is 6.38. The van der Waals surface area contributed by atoms with E-state index in [4.69, 9.17) is 23.2 Å². The van der Waals surface area contributed by atoms with Crippen molar-refractivity contribution >= 4 is 34.1 Å². The number of hydrogen-bond donors (Lipinski definition) is 0. The van der Waals surface area contributed by atoms with Crippen LogP contribution in [0.4, 0.5) is 0 Å². The van der Waals surface area contributed by atoms with Gasteiger partial charge >= 0.3 is 0 Å². The first kappa shape index (κ1) is 15.1. The highest BCUT2D eigenvalue weighted by atomic mass is 35.5. The number of rotatable bonds is 2. The smallest absolute Gasteiger partial charge is 0.218 e. The largest absolute Gasteiger partial charge is 0.224 e. The van der Waals surface area contributed by atoms with Crippen molar-refractivity contribution in [1.29, 1.82) is 0 Å². The zero-order valence-corrected chi connectivity index (χ0v) is 14.1. The summed E-state index contributed by atoms with van der Waals surface area (Å²) in [6.45, 7) is 0. The monoisotopic (exact) mass is 350 g/mol. The molecule has 4 heteroatoms. The van der Waals surface area contributed by atoms with Gasteiger partial charge in [-0.3, -0.25) is 0 Å². The molecule has 0 saturated carbocycles. The molecule has 0 N–H and O–H groups in total. The molecule has 4 aromatic rings. The molecule has 0 amide bonds. The number of hydrogen-bond acceptors (Lipinski definition) is 2. The second kappa shape index (κ2) is 6.23. The van der Waals surface area contributed by atoms with Crippen molar-refractivity contribution in [3.05, 3.63) is 83.2 Å². The first-order chi connectivity index (χ1) is 11.7. The van der Waals surface area contributed by atoms with E-state index in [0.717, 1.165) is 33.2 Å². The van der Waals surface area contributed by atoms with Gasteiger partial charge in [-0.2, -0.15) is 0 Å². The Balaban J connectivity index is 2.08. The molecule has 24 heavy (non-hydrogen) atoms. The van der Waals surface area contributed by atoms with Crippen LogP contribution in [0.1, 0.15) is 0 Å². The van der Waals surface area contributed by atoms with Crippen LogP contribution in [0.25, 0.3) is 33.2 Å². The van der Waals surface area contributed by atoms with Crippen LogP contribution in [0.2, 0.25) is 10.4 Å². The molecule has 0 bridgehead atoms. The molecule has 0 aliphatic heterocycles. The predicted octanol–water partition coefficient (Wildman–Crippen LogP) is 6.27. The summed E-state index contributed by atoms with van der Waals surface area (Å²) in [6, 6.07) is 24.4. The molecule has 0 atom stereocenters. The number of aromatic nitrogens is 2. The number of benzene rings is 3. The van der Waals surface area contributed by atoms with Crippen molar-refractivity contribution in [1.82, 2.24) is 9.97 Å². The fraction of sp³-hybridized carbons (Fsp3) is 0. The Kier molecular flexibility index (Phi) is 3.93. The first-order valence-electron chi connectivity index (χ1n) is 7.50. The highest BCUT2D eigenvalue weighted by Gasteiger charge is 2.13. The van der Waals surface area contributed by atoms with Gasteiger partial charge in [0, 0.05) is 5.39 Å². The van der Waals surface area contributed by atoms with Gasteiger partial charge in [0.05, 0.1) is 5.52 Å². The van der Waals surface area contributed by atoms with Crippen LogP contribution in [-0.4, -0.2) is 9.97 Å². The average molecular weight is 351 g/mol. The van der Waals surface area contributed by atoms with Crippen LogP contribution in [0, 0.1) is 0 Å². The second-order valence-corrected chi connectivity index (χ2v) is 6.13. The normalized spacial score (nSPS) is 10.9. The van der Waals surface area contributed by atoms with Crippen molar-refractivity contribution in [2.45, 2.75) is 0 Å². The van der Waals surface area contributed by atoms with Gasteiger partial charge in [0.15, 0.2) is 0 Å². The van der Waals surface area contributed by atoms with E-state index < -0.39 is 0 Å². The quantitative estimate of drug-likeness (QED) is 0.314. The molecule has 0 aliphatic rings. The van der Waals surface area contributed by atoms with Crippen molar-refractivity contribution < 1.29 is 0 Å². The Bertz CT molecular complexity index is 1020. The Labute approximate surface area is 149 Å². The summed E-state index contributed by atoms with van der Waals surface area (Å²) in [5.74, 6) is 0. The molecular formula is C20H12Cl2N2. The van der Waals surface area contributed by atoms with E-state index in [-0.39, 0.29) is 5.28 Å².